The highest BCUT2D eigenvalue weighted by molar-refractivity contribution is 7.99. The zero-order valence-corrected chi connectivity index (χ0v) is 14.4. The van der Waals surface area contributed by atoms with Crippen molar-refractivity contribution < 1.29 is 14.1 Å². The Morgan fingerprint density at radius 1 is 1.38 bits per heavy atom. The van der Waals surface area contributed by atoms with E-state index in [-0.39, 0.29) is 17.1 Å². The Balaban J connectivity index is 1.67. The van der Waals surface area contributed by atoms with E-state index in [2.05, 4.69) is 15.5 Å². The van der Waals surface area contributed by atoms with Crippen molar-refractivity contribution in [3.8, 4) is 11.4 Å². The largest absolute Gasteiger partial charge is 0.469 e. The van der Waals surface area contributed by atoms with Crippen molar-refractivity contribution >= 4 is 29.0 Å². The third kappa shape index (κ3) is 3.52. The van der Waals surface area contributed by atoms with Gasteiger partial charge in [0.1, 0.15) is 11.4 Å². The molecule has 2 heterocycles. The van der Waals surface area contributed by atoms with Crippen molar-refractivity contribution in [3.63, 3.8) is 0 Å². The third-order valence-electron chi connectivity index (χ3n) is 3.47. The summed E-state index contributed by atoms with van der Waals surface area (Å²) in [5.41, 5.74) is 0.661. The van der Waals surface area contributed by atoms with Gasteiger partial charge in [0, 0.05) is 6.07 Å². The summed E-state index contributed by atoms with van der Waals surface area (Å²) in [6.45, 7) is 1.77. The number of rotatable bonds is 6. The molecule has 134 valence electrons. The Morgan fingerprint density at radius 3 is 2.85 bits per heavy atom. The number of hydrogen-bond acceptors (Lipinski definition) is 8. The zero-order valence-electron chi connectivity index (χ0n) is 13.6. The van der Waals surface area contributed by atoms with Crippen LogP contribution in [0, 0.1) is 17.0 Å². The van der Waals surface area contributed by atoms with Crippen molar-refractivity contribution in [1.29, 1.82) is 0 Å². The summed E-state index contributed by atoms with van der Waals surface area (Å²) in [6.07, 6.45) is 1.52. The van der Waals surface area contributed by atoms with Crippen LogP contribution in [0.3, 0.4) is 0 Å². The van der Waals surface area contributed by atoms with Crippen LogP contribution in [0.5, 0.6) is 0 Å². The number of nitro benzene ring substituents is 1. The molecule has 0 bridgehead atoms. The van der Waals surface area contributed by atoms with Crippen LogP contribution in [0.15, 0.2) is 46.2 Å². The van der Waals surface area contributed by atoms with Crippen LogP contribution in [-0.4, -0.2) is 31.5 Å². The van der Waals surface area contributed by atoms with Gasteiger partial charge in [0.15, 0.2) is 5.82 Å². The van der Waals surface area contributed by atoms with E-state index in [1.165, 1.54) is 29.1 Å². The lowest BCUT2D eigenvalue weighted by atomic mass is 10.2. The smallest absolute Gasteiger partial charge is 0.292 e. The lowest BCUT2D eigenvalue weighted by Crippen LogP contribution is -2.17. The minimum atomic E-state index is -0.557. The summed E-state index contributed by atoms with van der Waals surface area (Å²) in [6, 6.07) is 7.63. The van der Waals surface area contributed by atoms with Crippen molar-refractivity contribution in [2.24, 2.45) is 0 Å². The van der Waals surface area contributed by atoms with Gasteiger partial charge >= 0.3 is 0 Å². The molecule has 0 aliphatic rings. The van der Waals surface area contributed by atoms with Gasteiger partial charge in [-0.3, -0.25) is 14.9 Å². The molecule has 3 aromatic rings. The van der Waals surface area contributed by atoms with E-state index in [0.29, 0.717) is 22.3 Å². The van der Waals surface area contributed by atoms with Crippen LogP contribution < -0.4 is 11.2 Å². The number of para-hydroxylation sites is 2. The number of nitrogens with two attached hydrogens (primary N) is 1. The van der Waals surface area contributed by atoms with Crippen molar-refractivity contribution in [2.75, 3.05) is 16.9 Å². The SMILES string of the molecule is Cc1occc1-c1nnc(SCC(=O)Nc2ccccc2[N+](=O)[O-])n1N. The van der Waals surface area contributed by atoms with E-state index in [1.54, 1.807) is 19.1 Å². The number of anilines is 1. The Morgan fingerprint density at radius 2 is 2.15 bits per heavy atom. The van der Waals surface area contributed by atoms with Crippen LogP contribution in [0.4, 0.5) is 11.4 Å². The second-order valence-electron chi connectivity index (χ2n) is 5.18. The quantitative estimate of drug-likeness (QED) is 0.289. The normalized spacial score (nSPS) is 10.7. The molecule has 0 fully saturated rings. The monoisotopic (exact) mass is 374 g/mol. The number of carbonyl (C=O) groups excluding carboxylic acids is 1. The molecule has 0 spiro atoms. The highest BCUT2D eigenvalue weighted by Gasteiger charge is 2.18. The van der Waals surface area contributed by atoms with E-state index in [1.807, 2.05) is 0 Å². The number of nitrogens with one attached hydrogen (secondary N) is 1. The molecule has 0 saturated carbocycles. The molecule has 0 aliphatic carbocycles. The number of nitrogens with zero attached hydrogens (tertiary/aromatic N) is 4. The lowest BCUT2D eigenvalue weighted by Gasteiger charge is -2.06. The third-order valence-corrected chi connectivity index (χ3v) is 4.41. The summed E-state index contributed by atoms with van der Waals surface area (Å²) >= 11 is 1.06. The number of nitrogen functional groups attached to an aromatic ring is 1. The second-order valence-corrected chi connectivity index (χ2v) is 6.12. The first-order valence-corrected chi connectivity index (χ1v) is 8.37. The predicted molar refractivity (Wildman–Crippen MR) is 95.1 cm³/mol. The van der Waals surface area contributed by atoms with Gasteiger partial charge in [-0.05, 0) is 19.1 Å². The van der Waals surface area contributed by atoms with Crippen LogP contribution in [0.25, 0.3) is 11.4 Å². The van der Waals surface area contributed by atoms with Gasteiger partial charge in [0.05, 0.1) is 22.5 Å². The summed E-state index contributed by atoms with van der Waals surface area (Å²) in [7, 11) is 0. The molecule has 11 heteroatoms. The van der Waals surface area contributed by atoms with Crippen molar-refractivity contribution in [1.82, 2.24) is 14.9 Å². The number of hydrogen-bond donors (Lipinski definition) is 2. The van der Waals surface area contributed by atoms with Gasteiger partial charge in [-0.25, -0.2) is 4.68 Å². The van der Waals surface area contributed by atoms with Gasteiger partial charge in [-0.2, -0.15) is 0 Å². The Labute approximate surface area is 151 Å². The highest BCUT2D eigenvalue weighted by atomic mass is 32.2. The number of thioether (sulfide) groups is 1. The number of furan rings is 1. The average molecular weight is 374 g/mol. The van der Waals surface area contributed by atoms with Gasteiger partial charge in [-0.15, -0.1) is 10.2 Å². The van der Waals surface area contributed by atoms with Gasteiger partial charge in [0.2, 0.25) is 11.1 Å². The molecular formula is C15H14N6O4S. The minimum Gasteiger partial charge on any atom is -0.469 e. The molecule has 0 saturated heterocycles. The first kappa shape index (κ1) is 17.5. The predicted octanol–water partition coefficient (Wildman–Crippen LogP) is 2.20. The number of benzene rings is 1. The summed E-state index contributed by atoms with van der Waals surface area (Å²) in [5.74, 6) is 6.58. The summed E-state index contributed by atoms with van der Waals surface area (Å²) in [4.78, 5) is 22.5. The van der Waals surface area contributed by atoms with E-state index < -0.39 is 10.8 Å². The van der Waals surface area contributed by atoms with E-state index >= 15 is 0 Å². The summed E-state index contributed by atoms with van der Waals surface area (Å²) < 4.78 is 6.48. The Hall–Kier alpha value is -3.34. The minimum absolute atomic E-state index is 0.0360. The molecule has 0 atom stereocenters. The molecule has 10 nitrogen and oxygen atoms in total. The van der Waals surface area contributed by atoms with E-state index in [0.717, 1.165) is 11.8 Å². The van der Waals surface area contributed by atoms with Crippen LogP contribution in [0.2, 0.25) is 0 Å². The standard InChI is InChI=1S/C15H14N6O4S/c1-9-10(6-7-25-9)14-18-19-15(20(14)16)26-8-13(22)17-11-4-2-3-5-12(11)21(23)24/h2-7H,8,16H2,1H3,(H,17,22). The highest BCUT2D eigenvalue weighted by Crippen LogP contribution is 2.26. The molecule has 0 radical (unpaired) electrons. The van der Waals surface area contributed by atoms with Gasteiger partial charge in [-0.1, -0.05) is 23.9 Å². The fraction of sp³-hybridized carbons (Fsp3) is 0.133. The van der Waals surface area contributed by atoms with Crippen molar-refractivity contribution in [2.45, 2.75) is 12.1 Å². The van der Waals surface area contributed by atoms with Crippen LogP contribution >= 0.6 is 11.8 Å². The maximum Gasteiger partial charge on any atom is 0.292 e. The first-order valence-electron chi connectivity index (χ1n) is 7.38. The molecule has 1 aromatic carbocycles. The number of amides is 1. The van der Waals surface area contributed by atoms with Crippen molar-refractivity contribution in [3.05, 3.63) is 52.5 Å². The first-order chi connectivity index (χ1) is 12.5. The van der Waals surface area contributed by atoms with Gasteiger partial charge < -0.3 is 15.6 Å². The molecular weight excluding hydrogens is 360 g/mol. The Bertz CT molecular complexity index is 967. The number of nitro groups is 1. The molecule has 0 aliphatic heterocycles. The Kier molecular flexibility index (Phi) is 4.89. The molecule has 2 aromatic heterocycles. The lowest BCUT2D eigenvalue weighted by molar-refractivity contribution is -0.383. The fourth-order valence-corrected chi connectivity index (χ4v) is 2.89. The van der Waals surface area contributed by atoms with Gasteiger partial charge in [0.25, 0.3) is 5.69 Å². The maximum absolute atomic E-state index is 12.1. The maximum atomic E-state index is 12.1. The number of aryl methyl sites for hydroxylation is 1. The van der Waals surface area contributed by atoms with Crippen LogP contribution in [-0.2, 0) is 4.79 Å². The average Bonchev–Trinajstić information content (AvgIpc) is 3.18. The molecule has 26 heavy (non-hydrogen) atoms. The van der Waals surface area contributed by atoms with E-state index in [9.17, 15) is 14.9 Å². The second kappa shape index (κ2) is 7.27. The molecule has 3 rings (SSSR count). The van der Waals surface area contributed by atoms with E-state index in [4.69, 9.17) is 10.3 Å². The number of carbonyl (C=O) groups is 1. The molecule has 3 N–H and O–H groups in total. The molecule has 0 unspecified atom stereocenters. The summed E-state index contributed by atoms with van der Waals surface area (Å²) in [5, 5.41) is 21.8. The van der Waals surface area contributed by atoms with Crippen LogP contribution in [0.1, 0.15) is 5.76 Å². The fourth-order valence-electron chi connectivity index (χ4n) is 2.23. The topological polar surface area (TPSA) is 142 Å². The zero-order chi connectivity index (χ0) is 18.7. The number of aromatic nitrogens is 3. The molecule has 1 amide bonds.